The van der Waals surface area contributed by atoms with Gasteiger partial charge in [-0.25, -0.2) is 15.0 Å². The van der Waals surface area contributed by atoms with Crippen LogP contribution in [0.25, 0.3) is 0 Å². The maximum atomic E-state index is 4.86. The van der Waals surface area contributed by atoms with Gasteiger partial charge < -0.3 is 15.5 Å². The molecule has 1 atom stereocenters. The molecule has 4 heterocycles. The highest BCUT2D eigenvalue weighted by molar-refractivity contribution is 5.75. The number of benzene rings is 1. The van der Waals surface area contributed by atoms with Gasteiger partial charge in [-0.1, -0.05) is 25.1 Å². The number of hydrogen-bond donors (Lipinski definition) is 2. The van der Waals surface area contributed by atoms with Crippen molar-refractivity contribution in [1.29, 1.82) is 0 Å². The highest BCUT2D eigenvalue weighted by Gasteiger charge is 2.46. The van der Waals surface area contributed by atoms with Crippen molar-refractivity contribution < 1.29 is 0 Å². The summed E-state index contributed by atoms with van der Waals surface area (Å²) in [4.78, 5) is 16.4. The van der Waals surface area contributed by atoms with E-state index < -0.39 is 0 Å². The van der Waals surface area contributed by atoms with Crippen molar-refractivity contribution in [3.63, 3.8) is 0 Å². The van der Waals surface area contributed by atoms with E-state index in [0.717, 1.165) is 57.1 Å². The van der Waals surface area contributed by atoms with E-state index in [1.54, 1.807) is 6.33 Å². The molecule has 1 aromatic carbocycles. The predicted octanol–water partition coefficient (Wildman–Crippen LogP) is 4.31. The number of aryl methyl sites for hydroxylation is 1. The minimum Gasteiger partial charge on any atom is -0.366 e. The average molecular weight is 427 g/mol. The number of pyridine rings is 1. The van der Waals surface area contributed by atoms with Crippen molar-refractivity contribution in [2.45, 2.75) is 50.5 Å². The van der Waals surface area contributed by atoms with E-state index in [9.17, 15) is 0 Å². The Kier molecular flexibility index (Phi) is 4.83. The molecule has 6 nitrogen and oxygen atoms in total. The fraction of sp³-hybridized carbons (Fsp3) is 0.423. The van der Waals surface area contributed by atoms with E-state index in [2.05, 4.69) is 50.6 Å². The maximum Gasteiger partial charge on any atom is 0.140 e. The van der Waals surface area contributed by atoms with Gasteiger partial charge in [-0.2, -0.15) is 0 Å². The van der Waals surface area contributed by atoms with Crippen LogP contribution >= 0.6 is 0 Å². The van der Waals surface area contributed by atoms with Crippen molar-refractivity contribution in [3.8, 4) is 0 Å². The summed E-state index contributed by atoms with van der Waals surface area (Å²) in [6.07, 6.45) is 8.15. The molecular weight excluding hydrogens is 396 g/mol. The zero-order valence-corrected chi connectivity index (χ0v) is 18.6. The second kappa shape index (κ2) is 7.85. The lowest BCUT2D eigenvalue weighted by Crippen LogP contribution is -2.43. The zero-order chi connectivity index (χ0) is 21.5. The SMILES string of the molecule is C[C@@H]1CCc2ncnc(N3CC4(CCNCC4)c4c(CNc5ccccn5)cccc43)c21. The third kappa shape index (κ3) is 3.16. The fourth-order valence-corrected chi connectivity index (χ4v) is 6.03. The molecule has 0 amide bonds. The maximum absolute atomic E-state index is 4.86. The van der Waals surface area contributed by atoms with Gasteiger partial charge >= 0.3 is 0 Å². The zero-order valence-electron chi connectivity index (χ0n) is 18.6. The largest absolute Gasteiger partial charge is 0.366 e. The molecule has 32 heavy (non-hydrogen) atoms. The van der Waals surface area contributed by atoms with Gasteiger partial charge in [0.25, 0.3) is 0 Å². The van der Waals surface area contributed by atoms with E-state index in [4.69, 9.17) is 4.98 Å². The molecule has 6 rings (SSSR count). The van der Waals surface area contributed by atoms with E-state index in [1.807, 2.05) is 24.4 Å². The average Bonchev–Trinajstić information content (AvgIpc) is 3.38. The van der Waals surface area contributed by atoms with Crippen LogP contribution in [0.3, 0.4) is 0 Å². The number of rotatable bonds is 4. The van der Waals surface area contributed by atoms with Gasteiger partial charge in [0.1, 0.15) is 18.0 Å². The summed E-state index contributed by atoms with van der Waals surface area (Å²) in [6, 6.07) is 12.8. The minimum atomic E-state index is 0.155. The minimum absolute atomic E-state index is 0.155. The van der Waals surface area contributed by atoms with Crippen LogP contribution in [0.2, 0.25) is 0 Å². The second-order valence-corrected chi connectivity index (χ2v) is 9.49. The topological polar surface area (TPSA) is 66.0 Å². The Bertz CT molecular complexity index is 1120. The molecule has 1 fully saturated rings. The number of nitrogens with zero attached hydrogens (tertiary/aromatic N) is 4. The third-order valence-corrected chi connectivity index (χ3v) is 7.60. The molecule has 2 aromatic heterocycles. The molecule has 3 aliphatic rings. The first kappa shape index (κ1) is 19.7. The van der Waals surface area contributed by atoms with Crippen LogP contribution < -0.4 is 15.5 Å². The summed E-state index contributed by atoms with van der Waals surface area (Å²) in [6.45, 7) is 6.23. The molecule has 1 spiro atoms. The van der Waals surface area contributed by atoms with Crippen molar-refractivity contribution in [1.82, 2.24) is 20.3 Å². The van der Waals surface area contributed by atoms with Crippen LogP contribution in [0.15, 0.2) is 48.9 Å². The number of anilines is 3. The summed E-state index contributed by atoms with van der Waals surface area (Å²) in [5.74, 6) is 2.57. The van der Waals surface area contributed by atoms with E-state index in [1.165, 1.54) is 34.5 Å². The van der Waals surface area contributed by atoms with Crippen molar-refractivity contribution in [2.24, 2.45) is 0 Å². The van der Waals surface area contributed by atoms with Gasteiger partial charge in [0.15, 0.2) is 0 Å². The molecule has 1 aliphatic carbocycles. The highest BCUT2D eigenvalue weighted by Crippen LogP contribution is 2.52. The molecule has 0 radical (unpaired) electrons. The molecule has 2 N–H and O–H groups in total. The molecule has 3 aromatic rings. The van der Waals surface area contributed by atoms with Crippen molar-refractivity contribution in [3.05, 3.63) is 71.3 Å². The molecule has 0 unspecified atom stereocenters. The Morgan fingerprint density at radius 2 is 2.00 bits per heavy atom. The number of piperidine rings is 1. The standard InChI is InChI=1S/C26H30N6/c1-18-8-9-20-23(18)25(31-17-30-20)32-16-26(10-13-27-14-11-26)24-19(5-4-6-21(24)32)15-29-22-7-2-3-12-28-22/h2-7,12,17-18,27H,8-11,13-16H2,1H3,(H,28,29)/t18-/m1/s1. The van der Waals surface area contributed by atoms with Crippen LogP contribution in [-0.4, -0.2) is 34.6 Å². The Labute approximate surface area is 189 Å². The number of hydrogen-bond acceptors (Lipinski definition) is 6. The molecule has 2 aliphatic heterocycles. The van der Waals surface area contributed by atoms with Crippen molar-refractivity contribution in [2.75, 3.05) is 29.9 Å². The Morgan fingerprint density at radius 1 is 1.09 bits per heavy atom. The summed E-state index contributed by atoms with van der Waals surface area (Å²) in [5, 5.41) is 7.12. The second-order valence-electron chi connectivity index (χ2n) is 9.49. The summed E-state index contributed by atoms with van der Waals surface area (Å²) >= 11 is 0. The van der Waals surface area contributed by atoms with Crippen molar-refractivity contribution >= 4 is 17.3 Å². The molecule has 164 valence electrons. The first-order chi connectivity index (χ1) is 15.8. The fourth-order valence-electron chi connectivity index (χ4n) is 6.03. The van der Waals surface area contributed by atoms with Crippen LogP contribution in [0, 0.1) is 0 Å². The first-order valence-corrected chi connectivity index (χ1v) is 11.8. The van der Waals surface area contributed by atoms with Gasteiger partial charge in [0.05, 0.1) is 0 Å². The predicted molar refractivity (Wildman–Crippen MR) is 128 cm³/mol. The normalized spacial score (nSPS) is 20.9. The Hall–Kier alpha value is -2.99. The smallest absolute Gasteiger partial charge is 0.140 e. The van der Waals surface area contributed by atoms with Gasteiger partial charge in [0.2, 0.25) is 0 Å². The van der Waals surface area contributed by atoms with Crippen LogP contribution in [0.4, 0.5) is 17.3 Å². The number of aromatic nitrogens is 3. The third-order valence-electron chi connectivity index (χ3n) is 7.60. The molecule has 6 heteroatoms. The summed E-state index contributed by atoms with van der Waals surface area (Å²) < 4.78 is 0. The van der Waals surface area contributed by atoms with E-state index >= 15 is 0 Å². The van der Waals surface area contributed by atoms with E-state index in [-0.39, 0.29) is 5.41 Å². The summed E-state index contributed by atoms with van der Waals surface area (Å²) in [5.41, 5.74) is 6.96. The lowest BCUT2D eigenvalue weighted by molar-refractivity contribution is 0.327. The molecule has 0 saturated carbocycles. The highest BCUT2D eigenvalue weighted by atomic mass is 15.2. The Morgan fingerprint density at radius 3 is 2.84 bits per heavy atom. The van der Waals surface area contributed by atoms with E-state index in [0.29, 0.717) is 5.92 Å². The number of fused-ring (bicyclic) bond motifs is 3. The van der Waals surface area contributed by atoms with Gasteiger partial charge in [-0.3, -0.25) is 0 Å². The van der Waals surface area contributed by atoms with Gasteiger partial charge in [0, 0.05) is 41.6 Å². The monoisotopic (exact) mass is 426 g/mol. The first-order valence-electron chi connectivity index (χ1n) is 11.8. The molecule has 1 saturated heterocycles. The van der Waals surface area contributed by atoms with Crippen LogP contribution in [0.1, 0.15) is 54.5 Å². The van der Waals surface area contributed by atoms with Gasteiger partial charge in [-0.15, -0.1) is 0 Å². The van der Waals surface area contributed by atoms with Crippen LogP contribution in [-0.2, 0) is 18.4 Å². The quantitative estimate of drug-likeness (QED) is 0.648. The lowest BCUT2D eigenvalue weighted by atomic mass is 9.73. The summed E-state index contributed by atoms with van der Waals surface area (Å²) in [7, 11) is 0. The lowest BCUT2D eigenvalue weighted by Gasteiger charge is -2.36. The molecular formula is C26H30N6. The molecule has 0 bridgehead atoms. The number of nitrogens with one attached hydrogen (secondary N) is 2. The Balaban J connectivity index is 1.44. The van der Waals surface area contributed by atoms with Crippen LogP contribution in [0.5, 0.6) is 0 Å². The van der Waals surface area contributed by atoms with Gasteiger partial charge in [-0.05, 0) is 74.0 Å².